The lowest BCUT2D eigenvalue weighted by Gasteiger charge is -2.25. The Morgan fingerprint density at radius 2 is 2.13 bits per heavy atom. The number of hydrogen-bond donors (Lipinski definition) is 2. The Morgan fingerprint density at radius 3 is 2.53 bits per heavy atom. The Labute approximate surface area is 90.5 Å². The molecule has 1 aliphatic rings. The molecule has 1 aliphatic heterocycles. The average molecular weight is 237 g/mol. The summed E-state index contributed by atoms with van der Waals surface area (Å²) in [6.45, 7) is 4.04. The summed E-state index contributed by atoms with van der Waals surface area (Å²) in [6.07, 6.45) is -0.796. The van der Waals surface area contributed by atoms with Crippen molar-refractivity contribution in [3.8, 4) is 0 Å². The Balaban J connectivity index is 2.48. The summed E-state index contributed by atoms with van der Waals surface area (Å²) in [5, 5.41) is 9.45. The van der Waals surface area contributed by atoms with E-state index in [0.29, 0.717) is 0 Å². The Morgan fingerprint density at radius 1 is 1.53 bits per heavy atom. The van der Waals surface area contributed by atoms with Crippen LogP contribution in [-0.2, 0) is 14.6 Å². The van der Waals surface area contributed by atoms with E-state index < -0.39 is 27.6 Å². The van der Waals surface area contributed by atoms with Gasteiger partial charge in [0.1, 0.15) is 0 Å². The second-order valence-electron chi connectivity index (χ2n) is 4.50. The van der Waals surface area contributed by atoms with Gasteiger partial charge in [0, 0.05) is 5.54 Å². The molecule has 0 aliphatic carbocycles. The van der Waals surface area contributed by atoms with Gasteiger partial charge in [-0.2, -0.15) is 0 Å². The van der Waals surface area contributed by atoms with Gasteiger partial charge in [-0.1, -0.05) is 6.92 Å². The van der Waals surface area contributed by atoms with Gasteiger partial charge in [0.25, 0.3) is 0 Å². The SMILES string of the molecule is CCC(C)(N)COC1CS(=O)(=O)CC1O. The van der Waals surface area contributed by atoms with Crippen LogP contribution in [0.5, 0.6) is 0 Å². The van der Waals surface area contributed by atoms with Gasteiger partial charge in [0.2, 0.25) is 0 Å². The number of nitrogens with two attached hydrogens (primary N) is 1. The summed E-state index contributed by atoms with van der Waals surface area (Å²) in [7, 11) is -3.13. The van der Waals surface area contributed by atoms with E-state index in [1.165, 1.54) is 0 Å². The predicted molar refractivity (Wildman–Crippen MR) is 57.3 cm³/mol. The van der Waals surface area contributed by atoms with Crippen LogP contribution in [0.4, 0.5) is 0 Å². The Bertz CT molecular complexity index is 312. The van der Waals surface area contributed by atoms with Gasteiger partial charge in [0.15, 0.2) is 9.84 Å². The van der Waals surface area contributed by atoms with Crippen molar-refractivity contribution in [3.05, 3.63) is 0 Å². The van der Waals surface area contributed by atoms with Crippen LogP contribution in [0.25, 0.3) is 0 Å². The lowest BCUT2D eigenvalue weighted by Crippen LogP contribution is -2.43. The third kappa shape index (κ3) is 3.71. The number of rotatable bonds is 4. The number of hydrogen-bond acceptors (Lipinski definition) is 5. The van der Waals surface area contributed by atoms with Gasteiger partial charge >= 0.3 is 0 Å². The van der Waals surface area contributed by atoms with Crippen LogP contribution >= 0.6 is 0 Å². The molecule has 5 nitrogen and oxygen atoms in total. The molecule has 6 heteroatoms. The molecule has 90 valence electrons. The van der Waals surface area contributed by atoms with E-state index in [4.69, 9.17) is 10.5 Å². The molecular formula is C9H19NO4S. The molecule has 1 rings (SSSR count). The third-order valence-corrected chi connectivity index (χ3v) is 4.39. The number of aliphatic hydroxyl groups excluding tert-OH is 1. The summed E-state index contributed by atoms with van der Waals surface area (Å²) in [6, 6.07) is 0. The minimum Gasteiger partial charge on any atom is -0.389 e. The first-order chi connectivity index (χ1) is 6.76. The fourth-order valence-electron chi connectivity index (χ4n) is 1.36. The van der Waals surface area contributed by atoms with E-state index in [1.54, 1.807) is 0 Å². The quantitative estimate of drug-likeness (QED) is 0.674. The van der Waals surface area contributed by atoms with Gasteiger partial charge in [0.05, 0.1) is 30.3 Å². The summed E-state index contributed by atoms with van der Waals surface area (Å²) >= 11 is 0. The van der Waals surface area contributed by atoms with Crippen molar-refractivity contribution in [3.63, 3.8) is 0 Å². The fourth-order valence-corrected chi connectivity index (χ4v) is 3.05. The average Bonchev–Trinajstić information content (AvgIpc) is 2.36. The zero-order valence-corrected chi connectivity index (χ0v) is 9.96. The first-order valence-corrected chi connectivity index (χ1v) is 6.87. The lowest BCUT2D eigenvalue weighted by atomic mass is 10.0. The first-order valence-electron chi connectivity index (χ1n) is 5.05. The topological polar surface area (TPSA) is 89.6 Å². The standard InChI is InChI=1S/C9H19NO4S/c1-3-9(2,10)6-14-8-5-15(12,13)4-7(8)11/h7-8,11H,3-6,10H2,1-2H3. The summed E-state index contributed by atoms with van der Waals surface area (Å²) in [4.78, 5) is 0. The molecule has 1 saturated heterocycles. The Hall–Kier alpha value is -0.170. The molecule has 3 atom stereocenters. The second-order valence-corrected chi connectivity index (χ2v) is 6.66. The van der Waals surface area contributed by atoms with E-state index >= 15 is 0 Å². The molecule has 1 fully saturated rings. The molecule has 0 amide bonds. The van der Waals surface area contributed by atoms with Gasteiger partial charge in [-0.15, -0.1) is 0 Å². The molecule has 0 bridgehead atoms. The van der Waals surface area contributed by atoms with Crippen LogP contribution in [0.2, 0.25) is 0 Å². The maximum atomic E-state index is 11.2. The van der Waals surface area contributed by atoms with Crippen molar-refractivity contribution in [2.24, 2.45) is 5.73 Å². The molecule has 0 radical (unpaired) electrons. The predicted octanol–water partition coefficient (Wildman–Crippen LogP) is -0.712. The van der Waals surface area contributed by atoms with Crippen molar-refractivity contribution in [1.82, 2.24) is 0 Å². The zero-order valence-electron chi connectivity index (χ0n) is 9.14. The largest absolute Gasteiger partial charge is 0.389 e. The van der Waals surface area contributed by atoms with E-state index in [9.17, 15) is 13.5 Å². The molecule has 3 unspecified atom stereocenters. The van der Waals surface area contributed by atoms with E-state index in [0.717, 1.165) is 6.42 Å². The van der Waals surface area contributed by atoms with Crippen molar-refractivity contribution >= 4 is 9.84 Å². The molecule has 15 heavy (non-hydrogen) atoms. The highest BCUT2D eigenvalue weighted by molar-refractivity contribution is 7.91. The normalized spacial score (nSPS) is 33.9. The van der Waals surface area contributed by atoms with Crippen LogP contribution in [0.3, 0.4) is 0 Å². The maximum Gasteiger partial charge on any atom is 0.155 e. The highest BCUT2D eigenvalue weighted by Crippen LogP contribution is 2.17. The monoisotopic (exact) mass is 237 g/mol. The number of sulfone groups is 1. The van der Waals surface area contributed by atoms with Gasteiger partial charge in [-0.25, -0.2) is 8.42 Å². The van der Waals surface area contributed by atoms with Gasteiger partial charge in [-0.3, -0.25) is 0 Å². The fraction of sp³-hybridized carbons (Fsp3) is 1.00. The third-order valence-electron chi connectivity index (χ3n) is 2.71. The van der Waals surface area contributed by atoms with E-state index in [-0.39, 0.29) is 18.1 Å². The molecule has 0 spiro atoms. The van der Waals surface area contributed by atoms with E-state index in [2.05, 4.69) is 0 Å². The lowest BCUT2D eigenvalue weighted by molar-refractivity contribution is -0.0256. The molecule has 3 N–H and O–H groups in total. The van der Waals surface area contributed by atoms with Gasteiger partial charge < -0.3 is 15.6 Å². The highest BCUT2D eigenvalue weighted by Gasteiger charge is 2.37. The maximum absolute atomic E-state index is 11.2. The number of aliphatic hydroxyl groups is 1. The second kappa shape index (κ2) is 4.37. The minimum atomic E-state index is -3.13. The molecular weight excluding hydrogens is 218 g/mol. The molecule has 1 heterocycles. The van der Waals surface area contributed by atoms with Crippen LogP contribution in [-0.4, -0.2) is 49.4 Å². The zero-order chi connectivity index (χ0) is 11.7. The summed E-state index contributed by atoms with van der Waals surface area (Å²) in [5.74, 6) is -0.307. The molecule has 0 aromatic carbocycles. The van der Waals surface area contributed by atoms with Crippen molar-refractivity contribution in [2.75, 3.05) is 18.1 Å². The van der Waals surface area contributed by atoms with Crippen molar-refractivity contribution < 1.29 is 18.3 Å². The van der Waals surface area contributed by atoms with E-state index in [1.807, 2.05) is 13.8 Å². The Kier molecular flexibility index (Phi) is 3.76. The molecule has 0 saturated carbocycles. The van der Waals surface area contributed by atoms with Gasteiger partial charge in [-0.05, 0) is 13.3 Å². The van der Waals surface area contributed by atoms with Crippen LogP contribution in [0.1, 0.15) is 20.3 Å². The molecule has 0 aromatic heterocycles. The molecule has 0 aromatic rings. The van der Waals surface area contributed by atoms with Crippen LogP contribution in [0.15, 0.2) is 0 Å². The smallest absolute Gasteiger partial charge is 0.155 e. The van der Waals surface area contributed by atoms with Crippen LogP contribution in [0, 0.1) is 0 Å². The first kappa shape index (κ1) is 12.9. The van der Waals surface area contributed by atoms with Crippen LogP contribution < -0.4 is 5.73 Å². The number of ether oxygens (including phenoxy) is 1. The summed E-state index contributed by atoms with van der Waals surface area (Å²) < 4.78 is 27.7. The minimum absolute atomic E-state index is 0.103. The highest BCUT2D eigenvalue weighted by atomic mass is 32.2. The summed E-state index contributed by atoms with van der Waals surface area (Å²) in [5.41, 5.74) is 5.38. The van der Waals surface area contributed by atoms with Crippen molar-refractivity contribution in [2.45, 2.75) is 38.0 Å². The van der Waals surface area contributed by atoms with Crippen molar-refractivity contribution in [1.29, 1.82) is 0 Å².